The zero-order valence-corrected chi connectivity index (χ0v) is 13.3. The highest BCUT2D eigenvalue weighted by molar-refractivity contribution is 9.10. The molecule has 94 valence electrons. The molecule has 0 amide bonds. The van der Waals surface area contributed by atoms with E-state index in [2.05, 4.69) is 31.9 Å². The lowest BCUT2D eigenvalue weighted by Gasteiger charge is -2.12. The third-order valence-electron chi connectivity index (χ3n) is 2.62. The largest absolute Gasteiger partial charge is 0.205 e. The molecule has 0 bridgehead atoms. The van der Waals surface area contributed by atoms with E-state index < -0.39 is 0 Å². The lowest BCUT2D eigenvalue weighted by Crippen LogP contribution is -1.99. The topological polar surface area (TPSA) is 0 Å². The summed E-state index contributed by atoms with van der Waals surface area (Å²) in [5, 5.41) is -0.378. The summed E-state index contributed by atoms with van der Waals surface area (Å²) in [5.41, 5.74) is 1.59. The van der Waals surface area contributed by atoms with Crippen LogP contribution in [0, 0.1) is 5.82 Å². The van der Waals surface area contributed by atoms with Gasteiger partial charge in [0.15, 0.2) is 0 Å². The van der Waals surface area contributed by atoms with E-state index in [9.17, 15) is 4.39 Å². The Morgan fingerprint density at radius 3 is 2.56 bits per heavy atom. The normalized spacial score (nSPS) is 12.4. The first-order valence-electron chi connectivity index (χ1n) is 5.40. The number of benzene rings is 2. The lowest BCUT2D eigenvalue weighted by atomic mass is 10.0. The van der Waals surface area contributed by atoms with Crippen molar-refractivity contribution in [1.82, 2.24) is 0 Å². The summed E-state index contributed by atoms with van der Waals surface area (Å²) >= 11 is 12.9. The van der Waals surface area contributed by atoms with Crippen LogP contribution in [0.2, 0.25) is 0 Å². The molecule has 0 aliphatic carbocycles. The van der Waals surface area contributed by atoms with Crippen LogP contribution < -0.4 is 0 Å². The quantitative estimate of drug-likeness (QED) is 0.573. The van der Waals surface area contributed by atoms with E-state index in [1.807, 2.05) is 24.3 Å². The maximum atomic E-state index is 13.9. The number of hydrogen-bond acceptors (Lipinski definition) is 0. The van der Waals surface area contributed by atoms with Gasteiger partial charge in [0, 0.05) is 10.0 Å². The van der Waals surface area contributed by atoms with Crippen molar-refractivity contribution in [1.29, 1.82) is 0 Å². The Morgan fingerprint density at radius 1 is 1.11 bits per heavy atom. The monoisotopic (exact) mass is 390 g/mol. The second-order valence-corrected chi connectivity index (χ2v) is 6.24. The van der Waals surface area contributed by atoms with Crippen LogP contribution in [0.3, 0.4) is 0 Å². The average molecular weight is 392 g/mol. The maximum Gasteiger partial charge on any atom is 0.142 e. The highest BCUT2D eigenvalue weighted by Gasteiger charge is 2.15. The minimum atomic E-state index is -0.378. The first kappa shape index (κ1) is 14.0. The second-order valence-electron chi connectivity index (χ2n) is 3.94. The minimum absolute atomic E-state index is 0.285. The highest BCUT2D eigenvalue weighted by atomic mass is 79.9. The van der Waals surface area contributed by atoms with Gasteiger partial charge in [-0.3, -0.25) is 0 Å². The van der Waals surface area contributed by atoms with Crippen LogP contribution in [-0.4, -0.2) is 0 Å². The summed E-state index contributed by atoms with van der Waals surface area (Å²) in [4.78, 5) is 0. The summed E-state index contributed by atoms with van der Waals surface area (Å²) in [6.07, 6.45) is 0.592. The molecule has 2 aromatic carbocycles. The van der Waals surface area contributed by atoms with E-state index in [-0.39, 0.29) is 11.2 Å². The molecule has 0 fully saturated rings. The summed E-state index contributed by atoms with van der Waals surface area (Å²) in [6, 6.07) is 13.0. The van der Waals surface area contributed by atoms with Gasteiger partial charge in [0.1, 0.15) is 5.82 Å². The zero-order chi connectivity index (χ0) is 13.1. The molecule has 0 radical (unpaired) electrons. The van der Waals surface area contributed by atoms with Crippen molar-refractivity contribution < 1.29 is 4.39 Å². The summed E-state index contributed by atoms with van der Waals surface area (Å²) < 4.78 is 15.3. The van der Waals surface area contributed by atoms with Gasteiger partial charge in [-0.2, -0.15) is 0 Å². The van der Waals surface area contributed by atoms with E-state index in [0.29, 0.717) is 16.5 Å². The fourth-order valence-electron chi connectivity index (χ4n) is 1.74. The van der Waals surface area contributed by atoms with Crippen LogP contribution in [0.15, 0.2) is 51.4 Å². The van der Waals surface area contributed by atoms with Crippen molar-refractivity contribution in [3.8, 4) is 0 Å². The maximum absolute atomic E-state index is 13.9. The number of alkyl halides is 1. The fraction of sp³-hybridized carbons (Fsp3) is 0.143. The smallest absolute Gasteiger partial charge is 0.142 e. The van der Waals surface area contributed by atoms with Gasteiger partial charge in [-0.05, 0) is 46.1 Å². The molecule has 0 N–H and O–H groups in total. The molecule has 0 heterocycles. The third-order valence-corrected chi connectivity index (χ3v) is 4.12. The Kier molecular flexibility index (Phi) is 4.82. The molecule has 2 aromatic rings. The molecule has 0 saturated heterocycles. The Labute approximate surface area is 127 Å². The van der Waals surface area contributed by atoms with Crippen molar-refractivity contribution in [3.05, 3.63) is 68.4 Å². The molecule has 0 aliphatic heterocycles. The van der Waals surface area contributed by atoms with E-state index in [1.165, 1.54) is 0 Å². The van der Waals surface area contributed by atoms with Crippen molar-refractivity contribution in [2.24, 2.45) is 0 Å². The van der Waals surface area contributed by atoms with E-state index in [1.54, 1.807) is 18.2 Å². The van der Waals surface area contributed by atoms with Crippen molar-refractivity contribution in [2.45, 2.75) is 11.8 Å². The van der Waals surface area contributed by atoms with E-state index in [0.717, 1.165) is 10.0 Å². The fourth-order valence-corrected chi connectivity index (χ4v) is 2.92. The standard InChI is InChI=1S/C14H10Br2ClF/c15-10-4-1-3-9(7-10)8-13(17)11-5-2-6-12(16)14(11)18/h1-7,13H,8H2. The van der Waals surface area contributed by atoms with Gasteiger partial charge in [0.2, 0.25) is 0 Å². The SMILES string of the molecule is Fc1c(Br)cccc1C(Cl)Cc1cccc(Br)c1. The summed E-state index contributed by atoms with van der Waals surface area (Å²) in [7, 11) is 0. The van der Waals surface area contributed by atoms with Gasteiger partial charge in [0.05, 0.1) is 9.85 Å². The third kappa shape index (κ3) is 3.34. The predicted octanol–water partition coefficient (Wildman–Crippen LogP) is 5.87. The first-order chi connectivity index (χ1) is 8.58. The Balaban J connectivity index is 2.22. The van der Waals surface area contributed by atoms with Gasteiger partial charge in [0.25, 0.3) is 0 Å². The van der Waals surface area contributed by atoms with Crippen LogP contribution >= 0.6 is 43.5 Å². The predicted molar refractivity (Wildman–Crippen MR) is 80.5 cm³/mol. The second kappa shape index (κ2) is 6.18. The summed E-state index contributed by atoms with van der Waals surface area (Å²) in [5.74, 6) is -0.285. The van der Waals surface area contributed by atoms with Crippen molar-refractivity contribution in [3.63, 3.8) is 0 Å². The van der Waals surface area contributed by atoms with Crippen LogP contribution in [0.4, 0.5) is 4.39 Å². The van der Waals surface area contributed by atoms with Crippen LogP contribution in [0.25, 0.3) is 0 Å². The molecule has 1 unspecified atom stereocenters. The van der Waals surface area contributed by atoms with Gasteiger partial charge >= 0.3 is 0 Å². The zero-order valence-electron chi connectivity index (χ0n) is 9.34. The van der Waals surface area contributed by atoms with Crippen LogP contribution in [0.1, 0.15) is 16.5 Å². The Bertz CT molecular complexity index is 557. The van der Waals surface area contributed by atoms with Gasteiger partial charge in [-0.25, -0.2) is 4.39 Å². The molecule has 0 aromatic heterocycles. The molecule has 18 heavy (non-hydrogen) atoms. The highest BCUT2D eigenvalue weighted by Crippen LogP contribution is 2.30. The molecule has 1 atom stereocenters. The molecule has 0 aliphatic rings. The molecular weight excluding hydrogens is 382 g/mol. The minimum Gasteiger partial charge on any atom is -0.205 e. The van der Waals surface area contributed by atoms with E-state index >= 15 is 0 Å². The lowest BCUT2D eigenvalue weighted by molar-refractivity contribution is 0.599. The van der Waals surface area contributed by atoms with Gasteiger partial charge < -0.3 is 0 Å². The van der Waals surface area contributed by atoms with Crippen LogP contribution in [0.5, 0.6) is 0 Å². The van der Waals surface area contributed by atoms with Gasteiger partial charge in [-0.1, -0.05) is 40.2 Å². The number of rotatable bonds is 3. The Hall–Kier alpha value is -0.380. The molecular formula is C14H10Br2ClF. The molecule has 0 nitrogen and oxygen atoms in total. The number of halogens is 4. The van der Waals surface area contributed by atoms with Crippen molar-refractivity contribution in [2.75, 3.05) is 0 Å². The average Bonchev–Trinajstić information content (AvgIpc) is 2.32. The molecule has 0 spiro atoms. The van der Waals surface area contributed by atoms with Gasteiger partial charge in [-0.15, -0.1) is 11.6 Å². The first-order valence-corrected chi connectivity index (χ1v) is 7.42. The Morgan fingerprint density at radius 2 is 1.83 bits per heavy atom. The van der Waals surface area contributed by atoms with Crippen molar-refractivity contribution >= 4 is 43.5 Å². The molecule has 4 heteroatoms. The molecule has 2 rings (SSSR count). The van der Waals surface area contributed by atoms with Crippen LogP contribution in [-0.2, 0) is 6.42 Å². The summed E-state index contributed by atoms with van der Waals surface area (Å²) in [6.45, 7) is 0. The van der Waals surface area contributed by atoms with E-state index in [4.69, 9.17) is 11.6 Å². The number of hydrogen-bond donors (Lipinski definition) is 0. The molecule has 0 saturated carbocycles.